The molecule has 0 atom stereocenters. The Labute approximate surface area is 198 Å². The molecular formula is C25H27ClN2O5. The summed E-state index contributed by atoms with van der Waals surface area (Å²) >= 11 is 6.65. The molecule has 0 radical (unpaired) electrons. The van der Waals surface area contributed by atoms with Gasteiger partial charge in [0.05, 0.1) is 13.2 Å². The van der Waals surface area contributed by atoms with Gasteiger partial charge < -0.3 is 19.4 Å². The summed E-state index contributed by atoms with van der Waals surface area (Å²) < 4.78 is 6.02. The van der Waals surface area contributed by atoms with E-state index in [4.69, 9.17) is 26.1 Å². The quantitative estimate of drug-likeness (QED) is 0.488. The zero-order valence-corrected chi connectivity index (χ0v) is 19.6. The van der Waals surface area contributed by atoms with Crippen molar-refractivity contribution in [2.24, 2.45) is 0 Å². The second-order valence-corrected chi connectivity index (χ2v) is 8.28. The van der Waals surface area contributed by atoms with Crippen LogP contribution in [0.5, 0.6) is 11.5 Å². The Kier molecular flexibility index (Phi) is 7.20. The van der Waals surface area contributed by atoms with Crippen LogP contribution in [0.15, 0.2) is 36.4 Å². The van der Waals surface area contributed by atoms with E-state index in [1.54, 1.807) is 28.9 Å². The molecule has 2 heterocycles. The van der Waals surface area contributed by atoms with E-state index >= 15 is 0 Å². The number of carbonyl (C=O) groups excluding carboxylic acids is 2. The average Bonchev–Trinajstić information content (AvgIpc) is 2.83. The van der Waals surface area contributed by atoms with Gasteiger partial charge in [-0.05, 0) is 36.8 Å². The van der Waals surface area contributed by atoms with Crippen LogP contribution in [-0.4, -0.2) is 61.0 Å². The van der Waals surface area contributed by atoms with Gasteiger partial charge in [-0.15, -0.1) is 0 Å². The van der Waals surface area contributed by atoms with E-state index in [9.17, 15) is 9.59 Å². The molecule has 0 aliphatic carbocycles. The Bertz CT molecular complexity index is 1080. The first kappa shape index (κ1) is 23.1. The van der Waals surface area contributed by atoms with Gasteiger partial charge in [-0.2, -0.15) is 4.89 Å². The Morgan fingerprint density at radius 2 is 1.88 bits per heavy atom. The molecule has 0 aromatic heterocycles. The number of hydrogen-bond donors (Lipinski definition) is 0. The van der Waals surface area contributed by atoms with E-state index in [-0.39, 0.29) is 11.8 Å². The number of carbonyl (C=O) groups is 2. The predicted octanol–water partition coefficient (Wildman–Crippen LogP) is 3.98. The largest absolute Gasteiger partial charge is 0.493 e. The lowest BCUT2D eigenvalue weighted by molar-refractivity contribution is -0.215. The van der Waals surface area contributed by atoms with Crippen molar-refractivity contribution < 1.29 is 24.1 Å². The summed E-state index contributed by atoms with van der Waals surface area (Å²) in [5, 5.41) is 0.563. The molecule has 1 fully saturated rings. The van der Waals surface area contributed by atoms with Gasteiger partial charge in [-0.1, -0.05) is 23.7 Å². The van der Waals surface area contributed by atoms with E-state index in [2.05, 4.69) is 0 Å². The summed E-state index contributed by atoms with van der Waals surface area (Å²) in [6.07, 6.45) is 4.02. The van der Waals surface area contributed by atoms with Crippen molar-refractivity contribution in [2.75, 3.05) is 39.4 Å². The second-order valence-electron chi connectivity index (χ2n) is 7.88. The molecule has 174 valence electrons. The number of halogens is 1. The monoisotopic (exact) mass is 470 g/mol. The normalized spacial score (nSPS) is 15.8. The molecule has 1 saturated heterocycles. The minimum atomic E-state index is -0.0925. The maximum Gasteiger partial charge on any atom is 0.246 e. The number of benzene rings is 2. The van der Waals surface area contributed by atoms with Gasteiger partial charge in [0, 0.05) is 67.3 Å². The first-order valence-electron chi connectivity index (χ1n) is 11.1. The molecule has 2 aromatic carbocycles. The number of piperazine rings is 1. The van der Waals surface area contributed by atoms with Crippen molar-refractivity contribution in [1.82, 2.24) is 9.80 Å². The summed E-state index contributed by atoms with van der Waals surface area (Å²) in [5.74, 6) is 1.30. The topological polar surface area (TPSA) is 68.3 Å². The third-order valence-corrected chi connectivity index (χ3v) is 6.16. The van der Waals surface area contributed by atoms with Crippen LogP contribution in [-0.2, 0) is 20.9 Å². The lowest BCUT2D eigenvalue weighted by Gasteiger charge is -2.33. The standard InChI is InChI=1S/C25H27ClN2O5/c1-3-31-25-19-11-16-32-33-22(19)9-8-20(25)24-18(5-4-6-21(24)26)7-10-23(30)28-14-12-27(13-15-28)17(2)29/h4-10H,3,11-16H2,1-2H3/b10-7+. The molecule has 0 N–H and O–H groups in total. The SMILES string of the molecule is CCOc1c(-c2c(Cl)cccc2/C=C/C(=O)N2CCN(C(C)=O)CC2)ccc2c1CCOO2. The number of hydrogen-bond acceptors (Lipinski definition) is 5. The molecule has 2 aliphatic heterocycles. The van der Waals surface area contributed by atoms with Gasteiger partial charge in [0.1, 0.15) is 5.75 Å². The molecule has 2 aliphatic rings. The lowest BCUT2D eigenvalue weighted by Crippen LogP contribution is -2.49. The fourth-order valence-corrected chi connectivity index (χ4v) is 4.44. The highest BCUT2D eigenvalue weighted by molar-refractivity contribution is 6.33. The molecule has 33 heavy (non-hydrogen) atoms. The smallest absolute Gasteiger partial charge is 0.246 e. The highest BCUT2D eigenvalue weighted by Gasteiger charge is 2.24. The number of nitrogens with zero attached hydrogens (tertiary/aromatic N) is 2. The highest BCUT2D eigenvalue weighted by atomic mass is 35.5. The van der Waals surface area contributed by atoms with Crippen LogP contribution in [0.1, 0.15) is 25.0 Å². The van der Waals surface area contributed by atoms with Gasteiger partial charge in [0.25, 0.3) is 0 Å². The van der Waals surface area contributed by atoms with Crippen molar-refractivity contribution in [2.45, 2.75) is 20.3 Å². The molecule has 8 heteroatoms. The van der Waals surface area contributed by atoms with Gasteiger partial charge in [0.15, 0.2) is 5.75 Å². The van der Waals surface area contributed by atoms with Crippen molar-refractivity contribution in [3.63, 3.8) is 0 Å². The number of fused-ring (bicyclic) bond motifs is 1. The van der Waals surface area contributed by atoms with Crippen molar-refractivity contribution in [1.29, 1.82) is 0 Å². The van der Waals surface area contributed by atoms with Crippen LogP contribution in [0, 0.1) is 0 Å². The van der Waals surface area contributed by atoms with Gasteiger partial charge in [-0.3, -0.25) is 9.59 Å². The van der Waals surface area contributed by atoms with Crippen LogP contribution < -0.4 is 9.62 Å². The third-order valence-electron chi connectivity index (χ3n) is 5.85. The van der Waals surface area contributed by atoms with E-state index in [0.29, 0.717) is 62.3 Å². The minimum absolute atomic E-state index is 0.0355. The first-order valence-corrected chi connectivity index (χ1v) is 11.5. The van der Waals surface area contributed by atoms with Gasteiger partial charge in [0.2, 0.25) is 11.8 Å². The van der Waals surface area contributed by atoms with E-state index in [1.165, 1.54) is 0 Å². The maximum absolute atomic E-state index is 12.8. The Morgan fingerprint density at radius 3 is 2.61 bits per heavy atom. The van der Waals surface area contributed by atoms with Crippen LogP contribution >= 0.6 is 11.6 Å². The van der Waals surface area contributed by atoms with Crippen LogP contribution in [0.2, 0.25) is 5.02 Å². The summed E-state index contributed by atoms with van der Waals surface area (Å²) in [4.78, 5) is 38.3. The third kappa shape index (κ3) is 4.99. The molecule has 2 aromatic rings. The summed E-state index contributed by atoms with van der Waals surface area (Å²) in [6.45, 7) is 6.56. The second kappa shape index (κ2) is 10.3. The fraction of sp³-hybridized carbons (Fsp3) is 0.360. The maximum atomic E-state index is 12.8. The Balaban J connectivity index is 1.64. The van der Waals surface area contributed by atoms with Crippen LogP contribution in [0.3, 0.4) is 0 Å². The Morgan fingerprint density at radius 1 is 1.12 bits per heavy atom. The lowest BCUT2D eigenvalue weighted by atomic mass is 9.94. The molecule has 0 bridgehead atoms. The summed E-state index contributed by atoms with van der Waals surface area (Å²) in [6, 6.07) is 9.36. The highest BCUT2D eigenvalue weighted by Crippen LogP contribution is 2.44. The average molecular weight is 471 g/mol. The zero-order chi connectivity index (χ0) is 23.4. The zero-order valence-electron chi connectivity index (χ0n) is 18.8. The predicted molar refractivity (Wildman–Crippen MR) is 126 cm³/mol. The Hall–Kier alpha value is -3.03. The molecular weight excluding hydrogens is 444 g/mol. The first-order chi connectivity index (χ1) is 16.0. The van der Waals surface area contributed by atoms with Crippen molar-refractivity contribution >= 4 is 29.5 Å². The van der Waals surface area contributed by atoms with E-state index in [0.717, 1.165) is 22.3 Å². The number of rotatable bonds is 5. The van der Waals surface area contributed by atoms with Crippen LogP contribution in [0.4, 0.5) is 0 Å². The number of ether oxygens (including phenoxy) is 1. The summed E-state index contributed by atoms with van der Waals surface area (Å²) in [7, 11) is 0. The van der Waals surface area contributed by atoms with Gasteiger partial charge >= 0.3 is 0 Å². The number of amides is 2. The van der Waals surface area contributed by atoms with Crippen molar-refractivity contribution in [3.05, 3.63) is 52.6 Å². The minimum Gasteiger partial charge on any atom is -0.493 e. The molecule has 7 nitrogen and oxygen atoms in total. The van der Waals surface area contributed by atoms with Crippen LogP contribution in [0.25, 0.3) is 17.2 Å². The molecule has 0 saturated carbocycles. The fourth-order valence-electron chi connectivity index (χ4n) is 4.15. The van der Waals surface area contributed by atoms with Gasteiger partial charge in [-0.25, -0.2) is 0 Å². The summed E-state index contributed by atoms with van der Waals surface area (Å²) in [5.41, 5.74) is 3.39. The molecule has 4 rings (SSSR count). The van der Waals surface area contributed by atoms with E-state index in [1.807, 2.05) is 37.3 Å². The molecule has 0 spiro atoms. The van der Waals surface area contributed by atoms with Crippen molar-refractivity contribution in [3.8, 4) is 22.6 Å². The molecule has 2 amide bonds. The van der Waals surface area contributed by atoms with E-state index < -0.39 is 0 Å². The molecule has 0 unspecified atom stereocenters.